The van der Waals surface area contributed by atoms with E-state index in [1.807, 2.05) is 36.4 Å². The van der Waals surface area contributed by atoms with Gasteiger partial charge < -0.3 is 0 Å². The average Bonchev–Trinajstić information content (AvgIpc) is 3.57. The Morgan fingerprint density at radius 2 is 1.05 bits per heavy atom. The maximum atomic E-state index is 5.08. The van der Waals surface area contributed by atoms with E-state index in [0.717, 1.165) is 23.1 Å². The molecule has 1 atom stereocenters. The lowest BCUT2D eigenvalue weighted by Gasteiger charge is -2.32. The van der Waals surface area contributed by atoms with Gasteiger partial charge in [-0.05, 0) is 62.9 Å². The van der Waals surface area contributed by atoms with Gasteiger partial charge in [-0.15, -0.1) is 0 Å². The van der Waals surface area contributed by atoms with Crippen molar-refractivity contribution in [2.45, 2.75) is 18.8 Å². The van der Waals surface area contributed by atoms with Crippen LogP contribution in [0.5, 0.6) is 0 Å². The minimum atomic E-state index is -0.378. The Morgan fingerprint density at radius 1 is 0.523 bits per heavy atom. The van der Waals surface area contributed by atoms with Gasteiger partial charge in [0.05, 0.1) is 5.41 Å². The van der Waals surface area contributed by atoms with Gasteiger partial charge in [-0.2, -0.15) is 0 Å². The Hall–Kier alpha value is -5.41. The van der Waals surface area contributed by atoms with Crippen LogP contribution < -0.4 is 0 Å². The molecule has 0 aliphatic heterocycles. The van der Waals surface area contributed by atoms with E-state index in [-0.39, 0.29) is 5.41 Å². The van der Waals surface area contributed by atoms with E-state index in [0.29, 0.717) is 23.4 Å². The Labute approximate surface area is 257 Å². The zero-order chi connectivity index (χ0) is 29.3. The van der Waals surface area contributed by atoms with Crippen LogP contribution in [-0.4, -0.2) is 15.0 Å². The number of nitrogens with zero attached hydrogens (tertiary/aromatic N) is 3. The summed E-state index contributed by atoms with van der Waals surface area (Å²) in [4.78, 5) is 15.1. The molecule has 3 heteroatoms. The van der Waals surface area contributed by atoms with Crippen molar-refractivity contribution in [3.05, 3.63) is 167 Å². The monoisotopic (exact) mass is 563 g/mol. The Morgan fingerprint density at radius 3 is 1.64 bits per heavy atom. The summed E-state index contributed by atoms with van der Waals surface area (Å²) in [5.74, 6) is 2.47. The molecule has 0 bridgehead atoms. The van der Waals surface area contributed by atoms with Crippen molar-refractivity contribution in [1.29, 1.82) is 0 Å². The molecule has 0 fully saturated rings. The molecule has 3 nitrogen and oxygen atoms in total. The van der Waals surface area contributed by atoms with Gasteiger partial charge in [0.2, 0.25) is 0 Å². The van der Waals surface area contributed by atoms with Gasteiger partial charge in [-0.3, -0.25) is 0 Å². The first kappa shape index (κ1) is 25.1. The van der Waals surface area contributed by atoms with Crippen molar-refractivity contribution in [2.24, 2.45) is 5.92 Å². The highest BCUT2D eigenvalue weighted by atomic mass is 15.0. The third-order valence-electron chi connectivity index (χ3n) is 9.58. The SMILES string of the molecule is CC1CC=CC2=C1c1ccc(-c3nc(-c4ccccc4)nc(-c4ccccc4)n3)cc1C21c2ccccc2-c2ccccc21. The van der Waals surface area contributed by atoms with Gasteiger partial charge in [0.1, 0.15) is 0 Å². The molecule has 9 rings (SSSR count). The smallest absolute Gasteiger partial charge is 0.164 e. The van der Waals surface area contributed by atoms with Gasteiger partial charge in [-0.25, -0.2) is 15.0 Å². The van der Waals surface area contributed by atoms with E-state index in [2.05, 4.69) is 110 Å². The molecule has 3 aliphatic carbocycles. The highest BCUT2D eigenvalue weighted by Crippen LogP contribution is 2.64. The molecule has 1 heterocycles. The summed E-state index contributed by atoms with van der Waals surface area (Å²) in [6.07, 6.45) is 5.82. The zero-order valence-corrected chi connectivity index (χ0v) is 24.4. The molecule has 0 radical (unpaired) electrons. The molecule has 0 saturated carbocycles. The number of benzene rings is 5. The summed E-state index contributed by atoms with van der Waals surface area (Å²) in [5.41, 5.74) is 13.4. The minimum Gasteiger partial charge on any atom is -0.208 e. The maximum absolute atomic E-state index is 5.08. The quantitative estimate of drug-likeness (QED) is 0.215. The molecule has 0 amide bonds. The second kappa shape index (κ2) is 9.55. The summed E-state index contributed by atoms with van der Waals surface area (Å²) in [5, 5.41) is 0. The van der Waals surface area contributed by atoms with Gasteiger partial charge in [0.25, 0.3) is 0 Å². The lowest BCUT2D eigenvalue weighted by atomic mass is 9.68. The van der Waals surface area contributed by atoms with Crippen LogP contribution in [0.3, 0.4) is 0 Å². The second-order valence-electron chi connectivity index (χ2n) is 12.0. The highest BCUT2D eigenvalue weighted by Gasteiger charge is 2.53. The molecule has 0 saturated heterocycles. The summed E-state index contributed by atoms with van der Waals surface area (Å²) in [6.45, 7) is 2.37. The van der Waals surface area contributed by atoms with Crippen LogP contribution >= 0.6 is 0 Å². The van der Waals surface area contributed by atoms with E-state index in [1.54, 1.807) is 0 Å². The van der Waals surface area contributed by atoms with Gasteiger partial charge in [-0.1, -0.05) is 140 Å². The number of fused-ring (bicyclic) bond motifs is 9. The fourth-order valence-corrected chi connectivity index (χ4v) is 7.73. The van der Waals surface area contributed by atoms with Crippen molar-refractivity contribution < 1.29 is 0 Å². The van der Waals surface area contributed by atoms with Crippen molar-refractivity contribution in [1.82, 2.24) is 15.0 Å². The molecular formula is C41H29N3. The van der Waals surface area contributed by atoms with Crippen LogP contribution in [0.4, 0.5) is 0 Å². The summed E-state index contributed by atoms with van der Waals surface area (Å²) >= 11 is 0. The Balaban J connectivity index is 1.32. The van der Waals surface area contributed by atoms with Crippen LogP contribution in [0.2, 0.25) is 0 Å². The second-order valence-corrected chi connectivity index (χ2v) is 12.0. The Bertz CT molecular complexity index is 2060. The molecule has 1 unspecified atom stereocenters. The summed E-state index contributed by atoms with van der Waals surface area (Å²) in [7, 11) is 0. The zero-order valence-electron chi connectivity index (χ0n) is 24.4. The van der Waals surface area contributed by atoms with Crippen LogP contribution in [-0.2, 0) is 5.41 Å². The van der Waals surface area contributed by atoms with Crippen LogP contribution in [0, 0.1) is 5.92 Å². The first-order valence-corrected chi connectivity index (χ1v) is 15.4. The van der Waals surface area contributed by atoms with Crippen molar-refractivity contribution >= 4 is 5.57 Å². The van der Waals surface area contributed by atoms with Gasteiger partial charge >= 0.3 is 0 Å². The predicted molar refractivity (Wildman–Crippen MR) is 178 cm³/mol. The maximum Gasteiger partial charge on any atom is 0.164 e. The molecule has 1 spiro atoms. The lowest BCUT2D eigenvalue weighted by molar-refractivity contribution is 0.731. The summed E-state index contributed by atoms with van der Waals surface area (Å²) in [6, 6.07) is 45.2. The standard InChI is InChI=1S/C41H29N3/c1-26-13-12-22-35-37(26)32-24-23-29(25-36(32)41(35)33-20-10-8-18-30(33)31-19-9-11-21-34(31)41)40-43-38(27-14-4-2-5-15-27)42-39(44-40)28-16-6-3-7-17-28/h2-12,14-26H,13H2,1H3. The summed E-state index contributed by atoms with van der Waals surface area (Å²) < 4.78 is 0. The number of hydrogen-bond acceptors (Lipinski definition) is 3. The molecule has 44 heavy (non-hydrogen) atoms. The van der Waals surface area contributed by atoms with Gasteiger partial charge in [0.15, 0.2) is 17.5 Å². The number of rotatable bonds is 3. The van der Waals surface area contributed by atoms with Crippen LogP contribution in [0.1, 0.15) is 35.6 Å². The average molecular weight is 564 g/mol. The van der Waals surface area contributed by atoms with E-state index in [4.69, 9.17) is 15.0 Å². The lowest BCUT2D eigenvalue weighted by Crippen LogP contribution is -2.27. The molecule has 208 valence electrons. The highest BCUT2D eigenvalue weighted by molar-refractivity contribution is 5.97. The number of aromatic nitrogens is 3. The predicted octanol–water partition coefficient (Wildman–Crippen LogP) is 9.55. The van der Waals surface area contributed by atoms with Crippen molar-refractivity contribution in [3.8, 4) is 45.3 Å². The van der Waals surface area contributed by atoms with Gasteiger partial charge in [0, 0.05) is 16.7 Å². The first-order chi connectivity index (χ1) is 21.7. The molecule has 3 aliphatic rings. The Kier molecular flexibility index (Phi) is 5.45. The van der Waals surface area contributed by atoms with Crippen molar-refractivity contribution in [2.75, 3.05) is 0 Å². The van der Waals surface area contributed by atoms with E-state index in [9.17, 15) is 0 Å². The van der Waals surface area contributed by atoms with E-state index >= 15 is 0 Å². The fourth-order valence-electron chi connectivity index (χ4n) is 7.73. The third kappa shape index (κ3) is 3.47. The van der Waals surface area contributed by atoms with E-state index in [1.165, 1.54) is 44.5 Å². The molecular weight excluding hydrogens is 534 g/mol. The van der Waals surface area contributed by atoms with Crippen LogP contribution in [0.15, 0.2) is 145 Å². The minimum absolute atomic E-state index is 0.378. The normalized spacial score (nSPS) is 16.9. The number of hydrogen-bond donors (Lipinski definition) is 0. The fraction of sp³-hybridized carbons (Fsp3) is 0.0976. The third-order valence-corrected chi connectivity index (χ3v) is 9.58. The molecule has 1 aromatic heterocycles. The molecule has 5 aromatic carbocycles. The largest absolute Gasteiger partial charge is 0.208 e. The molecule has 0 N–H and O–H groups in total. The topological polar surface area (TPSA) is 38.7 Å². The first-order valence-electron chi connectivity index (χ1n) is 15.4. The number of allylic oxidation sites excluding steroid dienone is 4. The van der Waals surface area contributed by atoms with Crippen molar-refractivity contribution in [3.63, 3.8) is 0 Å². The van der Waals surface area contributed by atoms with E-state index < -0.39 is 0 Å². The van der Waals surface area contributed by atoms with Crippen LogP contribution in [0.25, 0.3) is 50.9 Å². The molecule has 6 aromatic rings.